The van der Waals surface area contributed by atoms with Gasteiger partial charge in [0.1, 0.15) is 6.54 Å². The summed E-state index contributed by atoms with van der Waals surface area (Å²) >= 11 is 0. The van der Waals surface area contributed by atoms with Gasteiger partial charge < -0.3 is 15.2 Å². The Bertz CT molecular complexity index is 382. The Kier molecular flexibility index (Phi) is 3.78. The molecule has 2 rings (SSSR count). The average Bonchev–Trinajstić information content (AvgIpc) is 2.94. The normalized spacial score (nSPS) is 15.2. The molecule has 0 aromatic carbocycles. The fraction of sp³-hybridized carbons (Fsp3) is 0.667. The predicted octanol–water partition coefficient (Wildman–Crippen LogP) is 0.660. The van der Waals surface area contributed by atoms with Crippen molar-refractivity contribution in [2.24, 2.45) is 0 Å². The topological polar surface area (TPSA) is 59.0 Å². The van der Waals surface area contributed by atoms with Crippen molar-refractivity contribution in [3.8, 4) is 0 Å². The predicted molar refractivity (Wildman–Crippen MR) is 65.4 cm³/mol. The van der Waals surface area contributed by atoms with Gasteiger partial charge in [0.05, 0.1) is 12.0 Å². The van der Waals surface area contributed by atoms with E-state index in [0.717, 1.165) is 25.1 Å². The molecule has 1 heterocycles. The molecule has 0 spiro atoms. The molecule has 1 amide bonds. The van der Waals surface area contributed by atoms with E-state index in [1.54, 1.807) is 12.5 Å². The lowest BCUT2D eigenvalue weighted by molar-refractivity contribution is -0.121. The van der Waals surface area contributed by atoms with Crippen LogP contribution in [0, 0.1) is 0 Å². The van der Waals surface area contributed by atoms with E-state index in [0.29, 0.717) is 18.6 Å². The van der Waals surface area contributed by atoms with Gasteiger partial charge in [-0.05, 0) is 12.8 Å². The van der Waals surface area contributed by atoms with Crippen LogP contribution in [-0.4, -0.2) is 27.5 Å². The third kappa shape index (κ3) is 3.85. The molecule has 17 heavy (non-hydrogen) atoms. The molecule has 5 nitrogen and oxygen atoms in total. The molecule has 1 aliphatic carbocycles. The molecule has 0 aliphatic heterocycles. The van der Waals surface area contributed by atoms with E-state index in [1.807, 2.05) is 4.57 Å². The van der Waals surface area contributed by atoms with Crippen LogP contribution in [0.1, 0.15) is 32.4 Å². The van der Waals surface area contributed by atoms with Gasteiger partial charge in [0.15, 0.2) is 0 Å². The van der Waals surface area contributed by atoms with Crippen LogP contribution in [0.4, 0.5) is 0 Å². The molecule has 0 saturated heterocycles. The zero-order valence-corrected chi connectivity index (χ0v) is 10.4. The molecular formula is C12H20N4O. The van der Waals surface area contributed by atoms with Crippen molar-refractivity contribution in [2.45, 2.75) is 51.9 Å². The van der Waals surface area contributed by atoms with E-state index in [4.69, 9.17) is 0 Å². The van der Waals surface area contributed by atoms with Crippen molar-refractivity contribution >= 4 is 5.91 Å². The highest BCUT2D eigenvalue weighted by atomic mass is 16.2. The fourth-order valence-corrected chi connectivity index (χ4v) is 1.60. The van der Waals surface area contributed by atoms with Crippen LogP contribution in [0.25, 0.3) is 0 Å². The van der Waals surface area contributed by atoms with Gasteiger partial charge in [-0.25, -0.2) is 4.98 Å². The van der Waals surface area contributed by atoms with Gasteiger partial charge in [0.25, 0.3) is 0 Å². The third-order valence-electron chi connectivity index (χ3n) is 2.75. The van der Waals surface area contributed by atoms with Crippen molar-refractivity contribution in [1.82, 2.24) is 20.2 Å². The summed E-state index contributed by atoms with van der Waals surface area (Å²) in [5.41, 5.74) is 1.05. The number of carbonyl (C=O) groups excluding carboxylic acids is 1. The monoisotopic (exact) mass is 236 g/mol. The lowest BCUT2D eigenvalue weighted by Crippen LogP contribution is -2.30. The quantitative estimate of drug-likeness (QED) is 0.763. The molecule has 0 bridgehead atoms. The highest BCUT2D eigenvalue weighted by Gasteiger charge is 2.23. The number of nitrogens with zero attached hydrogens (tertiary/aromatic N) is 2. The molecule has 0 atom stereocenters. The van der Waals surface area contributed by atoms with Crippen molar-refractivity contribution in [3.05, 3.63) is 18.2 Å². The Morgan fingerprint density at radius 3 is 3.00 bits per heavy atom. The summed E-state index contributed by atoms with van der Waals surface area (Å²) in [4.78, 5) is 15.8. The third-order valence-corrected chi connectivity index (χ3v) is 2.75. The standard InChI is InChI=1S/C12H20N4O/c1-9(2)14-6-11-5-13-8-16(11)7-12(17)15-10-3-4-10/h5,8-10,14H,3-4,6-7H2,1-2H3,(H,15,17). The highest BCUT2D eigenvalue weighted by Crippen LogP contribution is 2.18. The van der Waals surface area contributed by atoms with Gasteiger partial charge in [-0.2, -0.15) is 0 Å². The Labute approximate surface area is 102 Å². The first-order valence-electron chi connectivity index (χ1n) is 6.17. The van der Waals surface area contributed by atoms with Crippen LogP contribution < -0.4 is 10.6 Å². The summed E-state index contributed by atoms with van der Waals surface area (Å²) in [6.07, 6.45) is 5.76. The van der Waals surface area contributed by atoms with Gasteiger partial charge in [0.2, 0.25) is 5.91 Å². The number of carbonyl (C=O) groups is 1. The van der Waals surface area contributed by atoms with Gasteiger partial charge in [0, 0.05) is 24.8 Å². The maximum absolute atomic E-state index is 11.7. The summed E-state index contributed by atoms with van der Waals surface area (Å²) < 4.78 is 1.90. The van der Waals surface area contributed by atoms with E-state index in [9.17, 15) is 4.79 Å². The van der Waals surface area contributed by atoms with E-state index in [2.05, 4.69) is 29.5 Å². The highest BCUT2D eigenvalue weighted by molar-refractivity contribution is 5.76. The molecule has 1 aromatic rings. The first-order chi connectivity index (χ1) is 8.15. The van der Waals surface area contributed by atoms with Crippen LogP contribution in [0.3, 0.4) is 0 Å². The largest absolute Gasteiger partial charge is 0.352 e. The van der Waals surface area contributed by atoms with Gasteiger partial charge in [-0.15, -0.1) is 0 Å². The van der Waals surface area contributed by atoms with Crippen LogP contribution in [-0.2, 0) is 17.9 Å². The van der Waals surface area contributed by atoms with Crippen molar-refractivity contribution in [1.29, 1.82) is 0 Å². The number of hydrogen-bond acceptors (Lipinski definition) is 3. The van der Waals surface area contributed by atoms with E-state index >= 15 is 0 Å². The zero-order valence-electron chi connectivity index (χ0n) is 10.4. The van der Waals surface area contributed by atoms with Crippen LogP contribution in [0.2, 0.25) is 0 Å². The molecule has 1 saturated carbocycles. The summed E-state index contributed by atoms with van der Waals surface area (Å²) in [6.45, 7) is 5.31. The van der Waals surface area contributed by atoms with Crippen molar-refractivity contribution < 1.29 is 4.79 Å². The van der Waals surface area contributed by atoms with Crippen LogP contribution in [0.5, 0.6) is 0 Å². The summed E-state index contributed by atoms with van der Waals surface area (Å²) in [5.74, 6) is 0.0799. The molecule has 1 aliphatic rings. The lowest BCUT2D eigenvalue weighted by atomic mass is 10.3. The SMILES string of the molecule is CC(C)NCc1cncn1CC(=O)NC1CC1. The smallest absolute Gasteiger partial charge is 0.240 e. The number of imidazole rings is 1. The fourth-order valence-electron chi connectivity index (χ4n) is 1.60. The molecule has 1 fully saturated rings. The minimum Gasteiger partial charge on any atom is -0.352 e. The number of nitrogens with one attached hydrogen (secondary N) is 2. The maximum atomic E-state index is 11.7. The summed E-state index contributed by atoms with van der Waals surface area (Å²) in [7, 11) is 0. The molecule has 2 N–H and O–H groups in total. The van der Waals surface area contributed by atoms with Gasteiger partial charge in [-0.3, -0.25) is 4.79 Å². The number of rotatable bonds is 6. The molecule has 0 radical (unpaired) electrons. The minimum atomic E-state index is 0.0799. The Morgan fingerprint density at radius 2 is 2.35 bits per heavy atom. The van der Waals surface area contributed by atoms with Gasteiger partial charge >= 0.3 is 0 Å². The Morgan fingerprint density at radius 1 is 1.59 bits per heavy atom. The van der Waals surface area contributed by atoms with Crippen LogP contribution >= 0.6 is 0 Å². The Hall–Kier alpha value is -1.36. The second kappa shape index (κ2) is 5.31. The number of amides is 1. The average molecular weight is 236 g/mol. The van der Waals surface area contributed by atoms with Crippen molar-refractivity contribution in [3.63, 3.8) is 0 Å². The van der Waals surface area contributed by atoms with E-state index in [1.165, 1.54) is 0 Å². The molecule has 94 valence electrons. The number of hydrogen-bond donors (Lipinski definition) is 2. The molecule has 0 unspecified atom stereocenters. The summed E-state index contributed by atoms with van der Waals surface area (Å²) in [6, 6.07) is 0.849. The molecule has 1 aromatic heterocycles. The second-order valence-corrected chi connectivity index (χ2v) is 4.89. The maximum Gasteiger partial charge on any atom is 0.240 e. The minimum absolute atomic E-state index is 0.0799. The first kappa shape index (κ1) is 12.1. The Balaban J connectivity index is 1.86. The summed E-state index contributed by atoms with van der Waals surface area (Å²) in [5, 5.41) is 6.30. The van der Waals surface area contributed by atoms with Crippen LogP contribution in [0.15, 0.2) is 12.5 Å². The molecule has 5 heteroatoms. The van der Waals surface area contributed by atoms with Gasteiger partial charge in [-0.1, -0.05) is 13.8 Å². The van der Waals surface area contributed by atoms with Crippen molar-refractivity contribution in [2.75, 3.05) is 0 Å². The molecular weight excluding hydrogens is 216 g/mol. The number of aromatic nitrogens is 2. The second-order valence-electron chi connectivity index (χ2n) is 4.89. The van der Waals surface area contributed by atoms with E-state index in [-0.39, 0.29) is 5.91 Å². The zero-order chi connectivity index (χ0) is 12.3. The first-order valence-corrected chi connectivity index (χ1v) is 6.17. The van der Waals surface area contributed by atoms with E-state index < -0.39 is 0 Å². The lowest BCUT2D eigenvalue weighted by Gasteiger charge is -2.11.